The largest absolute Gasteiger partial charge is 0.408 e. The molecule has 0 aromatic heterocycles. The van der Waals surface area contributed by atoms with Gasteiger partial charge in [0.05, 0.1) is 6.10 Å². The van der Waals surface area contributed by atoms with Crippen molar-refractivity contribution in [1.82, 2.24) is 0 Å². The van der Waals surface area contributed by atoms with E-state index >= 15 is 0 Å². The maximum atomic E-state index is 10.1. The summed E-state index contributed by atoms with van der Waals surface area (Å²) >= 11 is 0.729. The summed E-state index contributed by atoms with van der Waals surface area (Å²) in [5.41, 5.74) is 0. The Hall–Kier alpha value is 0.180. The maximum absolute atomic E-state index is 10.1. The maximum Gasteiger partial charge on any atom is 0.408 e. The molecule has 0 saturated carbocycles. The van der Waals surface area contributed by atoms with Gasteiger partial charge in [-0.1, -0.05) is 0 Å². The van der Waals surface area contributed by atoms with Gasteiger partial charge in [0.1, 0.15) is 0 Å². The Balaban J connectivity index is 2.01. The van der Waals surface area contributed by atoms with E-state index in [0.29, 0.717) is 5.75 Å². The number of hydrogen-bond acceptors (Lipinski definition) is 5. The van der Waals surface area contributed by atoms with Gasteiger partial charge in [-0.3, -0.25) is 4.55 Å². The summed E-state index contributed by atoms with van der Waals surface area (Å²) in [6.45, 7) is 0.786. The Labute approximate surface area is 82.0 Å². The molecule has 1 aliphatic rings. The molecule has 0 bridgehead atoms. The van der Waals surface area contributed by atoms with E-state index in [1.165, 1.54) is 0 Å². The second-order valence-corrected chi connectivity index (χ2v) is 4.79. The third-order valence-electron chi connectivity index (χ3n) is 1.68. The fourth-order valence-corrected chi connectivity index (χ4v) is 2.26. The van der Waals surface area contributed by atoms with Crippen LogP contribution in [0.2, 0.25) is 0 Å². The highest BCUT2D eigenvalue weighted by Gasteiger charge is 2.15. The molecule has 0 aromatic rings. The van der Waals surface area contributed by atoms with Crippen molar-refractivity contribution in [2.24, 2.45) is 0 Å². The molecule has 0 radical (unpaired) electrons. The fraction of sp³-hybridized carbons (Fsp3) is 1.00. The molecule has 0 aromatic carbocycles. The molecule has 1 atom stereocenters. The summed E-state index contributed by atoms with van der Waals surface area (Å²) in [6.07, 6.45) is 3.05. The lowest BCUT2D eigenvalue weighted by Gasteiger charge is -2.06. The fourth-order valence-electron chi connectivity index (χ4n) is 1.15. The number of rotatable bonds is 5. The standard InChI is InChI=1S/C6H12O5S2/c7-13(8,9)11-12-5-3-6-2-1-4-10-6/h6H,1-5H2,(H,7,8,9). The molecule has 7 heteroatoms. The van der Waals surface area contributed by atoms with Gasteiger partial charge in [-0.15, -0.1) is 0 Å². The van der Waals surface area contributed by atoms with E-state index in [-0.39, 0.29) is 6.10 Å². The SMILES string of the molecule is O=S(=O)(O)OSCCC1CCCO1. The van der Waals surface area contributed by atoms with Gasteiger partial charge in [-0.25, -0.2) is 0 Å². The zero-order valence-electron chi connectivity index (χ0n) is 7.01. The van der Waals surface area contributed by atoms with Crippen LogP contribution in [0.1, 0.15) is 19.3 Å². The molecule has 1 heterocycles. The Morgan fingerprint density at radius 1 is 1.62 bits per heavy atom. The van der Waals surface area contributed by atoms with Crippen LogP contribution in [0.25, 0.3) is 0 Å². The van der Waals surface area contributed by atoms with Gasteiger partial charge in [0.15, 0.2) is 0 Å². The Kier molecular flexibility index (Phi) is 4.47. The van der Waals surface area contributed by atoms with Crippen molar-refractivity contribution in [3.63, 3.8) is 0 Å². The van der Waals surface area contributed by atoms with Crippen LogP contribution in [0.4, 0.5) is 0 Å². The lowest BCUT2D eigenvalue weighted by molar-refractivity contribution is 0.109. The molecule has 78 valence electrons. The van der Waals surface area contributed by atoms with Gasteiger partial charge >= 0.3 is 10.4 Å². The van der Waals surface area contributed by atoms with Crippen LogP contribution in [0.3, 0.4) is 0 Å². The lowest BCUT2D eigenvalue weighted by atomic mass is 10.2. The van der Waals surface area contributed by atoms with Crippen molar-refractivity contribution in [2.45, 2.75) is 25.4 Å². The second kappa shape index (κ2) is 5.16. The summed E-state index contributed by atoms with van der Waals surface area (Å²) in [5.74, 6) is 0.504. The summed E-state index contributed by atoms with van der Waals surface area (Å²) < 4.78 is 37.8. The molecule has 1 unspecified atom stereocenters. The zero-order valence-corrected chi connectivity index (χ0v) is 8.64. The monoisotopic (exact) mass is 228 g/mol. The average molecular weight is 228 g/mol. The third kappa shape index (κ3) is 5.48. The predicted octanol–water partition coefficient (Wildman–Crippen LogP) is 1.02. The first kappa shape index (κ1) is 11.3. The molecular formula is C6H12O5S2. The Morgan fingerprint density at radius 3 is 2.92 bits per heavy atom. The molecule has 1 rings (SSSR count). The van der Waals surface area contributed by atoms with Crippen LogP contribution in [-0.2, 0) is 18.8 Å². The molecular weight excluding hydrogens is 216 g/mol. The van der Waals surface area contributed by atoms with E-state index in [1.54, 1.807) is 0 Å². The average Bonchev–Trinajstić information content (AvgIpc) is 2.48. The van der Waals surface area contributed by atoms with Crippen LogP contribution < -0.4 is 0 Å². The van der Waals surface area contributed by atoms with E-state index < -0.39 is 10.4 Å². The van der Waals surface area contributed by atoms with Crippen molar-refractivity contribution < 1.29 is 21.3 Å². The highest BCUT2D eigenvalue weighted by Crippen LogP contribution is 2.18. The predicted molar refractivity (Wildman–Crippen MR) is 48.7 cm³/mol. The molecule has 0 spiro atoms. The highest BCUT2D eigenvalue weighted by molar-refractivity contribution is 8.02. The van der Waals surface area contributed by atoms with E-state index in [4.69, 9.17) is 9.29 Å². The van der Waals surface area contributed by atoms with Gasteiger partial charge in [0, 0.05) is 24.4 Å². The van der Waals surface area contributed by atoms with E-state index in [2.05, 4.69) is 3.63 Å². The Morgan fingerprint density at radius 2 is 2.38 bits per heavy atom. The summed E-state index contributed by atoms with van der Waals surface area (Å²) in [6, 6.07) is 0. The first-order chi connectivity index (χ1) is 6.08. The van der Waals surface area contributed by atoms with Crippen molar-refractivity contribution in [1.29, 1.82) is 0 Å². The number of ether oxygens (including phenoxy) is 1. The van der Waals surface area contributed by atoms with Crippen molar-refractivity contribution >= 4 is 22.4 Å². The molecule has 5 nitrogen and oxygen atoms in total. The lowest BCUT2D eigenvalue weighted by Crippen LogP contribution is -2.06. The Bertz CT molecular complexity index is 231. The van der Waals surface area contributed by atoms with Gasteiger partial charge < -0.3 is 4.74 Å². The molecule has 1 aliphatic heterocycles. The van der Waals surface area contributed by atoms with Crippen LogP contribution in [-0.4, -0.2) is 31.4 Å². The van der Waals surface area contributed by atoms with E-state index in [9.17, 15) is 8.42 Å². The minimum Gasteiger partial charge on any atom is -0.378 e. The quantitative estimate of drug-likeness (QED) is 0.430. The molecule has 0 aliphatic carbocycles. The molecule has 0 amide bonds. The second-order valence-electron chi connectivity index (χ2n) is 2.74. The normalized spacial score (nSPS) is 23.6. The highest BCUT2D eigenvalue weighted by atomic mass is 32.3. The van der Waals surface area contributed by atoms with Crippen molar-refractivity contribution in [2.75, 3.05) is 12.4 Å². The third-order valence-corrected chi connectivity index (χ3v) is 3.16. The van der Waals surface area contributed by atoms with Crippen molar-refractivity contribution in [3.05, 3.63) is 0 Å². The zero-order chi connectivity index (χ0) is 9.73. The van der Waals surface area contributed by atoms with E-state index in [1.807, 2.05) is 0 Å². The van der Waals surface area contributed by atoms with Gasteiger partial charge in [0.25, 0.3) is 0 Å². The van der Waals surface area contributed by atoms with Crippen LogP contribution in [0.15, 0.2) is 0 Å². The molecule has 13 heavy (non-hydrogen) atoms. The first-order valence-electron chi connectivity index (χ1n) is 3.98. The van der Waals surface area contributed by atoms with E-state index in [0.717, 1.165) is 37.9 Å². The van der Waals surface area contributed by atoms with Gasteiger partial charge in [0.2, 0.25) is 0 Å². The molecule has 1 fully saturated rings. The van der Waals surface area contributed by atoms with Crippen LogP contribution in [0, 0.1) is 0 Å². The van der Waals surface area contributed by atoms with Gasteiger partial charge in [-0.2, -0.15) is 12.0 Å². The minimum absolute atomic E-state index is 0.220. The smallest absolute Gasteiger partial charge is 0.378 e. The summed E-state index contributed by atoms with van der Waals surface area (Å²) in [7, 11) is -4.30. The topological polar surface area (TPSA) is 72.8 Å². The van der Waals surface area contributed by atoms with Crippen LogP contribution >= 0.6 is 12.0 Å². The van der Waals surface area contributed by atoms with Crippen LogP contribution in [0.5, 0.6) is 0 Å². The first-order valence-corrected chi connectivity index (χ1v) is 6.25. The van der Waals surface area contributed by atoms with Gasteiger partial charge in [-0.05, 0) is 19.3 Å². The minimum atomic E-state index is -4.30. The molecule has 1 saturated heterocycles. The summed E-state index contributed by atoms with van der Waals surface area (Å²) in [4.78, 5) is 0. The summed E-state index contributed by atoms with van der Waals surface area (Å²) in [5, 5.41) is 0. The number of hydrogen-bond donors (Lipinski definition) is 1. The van der Waals surface area contributed by atoms with Crippen molar-refractivity contribution in [3.8, 4) is 0 Å². The molecule has 1 N–H and O–H groups in total.